The molecule has 0 radical (unpaired) electrons. The average Bonchev–Trinajstić information content (AvgIpc) is 2.48. The predicted molar refractivity (Wildman–Crippen MR) is 92.6 cm³/mol. The monoisotopic (exact) mass is 375 g/mol. The molecule has 22 heavy (non-hydrogen) atoms. The highest BCUT2D eigenvalue weighted by Crippen LogP contribution is 2.14. The number of nitrogens with one attached hydrogen (secondary N) is 3. The van der Waals surface area contributed by atoms with Crippen molar-refractivity contribution in [3.8, 4) is 0 Å². The highest BCUT2D eigenvalue weighted by molar-refractivity contribution is 7.89. The van der Waals surface area contributed by atoms with Crippen molar-refractivity contribution in [2.24, 2.45) is 0 Å². The van der Waals surface area contributed by atoms with Gasteiger partial charge < -0.3 is 5.32 Å². The van der Waals surface area contributed by atoms with Crippen molar-refractivity contribution in [1.29, 1.82) is 0 Å². The van der Waals surface area contributed by atoms with Gasteiger partial charge in [0.05, 0.1) is 4.90 Å². The lowest BCUT2D eigenvalue weighted by Crippen LogP contribution is -2.43. The number of anilines is 1. The van der Waals surface area contributed by atoms with Crippen molar-refractivity contribution in [1.82, 2.24) is 10.3 Å². The third kappa shape index (κ3) is 4.82. The van der Waals surface area contributed by atoms with E-state index in [1.807, 2.05) is 0 Å². The maximum absolute atomic E-state index is 12.0. The molecule has 0 aliphatic rings. The maximum atomic E-state index is 12.0. The number of halogens is 2. The fourth-order valence-corrected chi connectivity index (χ4v) is 2.82. The molecule has 0 saturated heterocycles. The molecule has 116 valence electrons. The van der Waals surface area contributed by atoms with Crippen LogP contribution in [0.1, 0.15) is 0 Å². The quantitative estimate of drug-likeness (QED) is 0.565. The van der Waals surface area contributed by atoms with Gasteiger partial charge in [-0.3, -0.25) is 5.43 Å². The van der Waals surface area contributed by atoms with E-state index in [4.69, 9.17) is 35.4 Å². The van der Waals surface area contributed by atoms with Gasteiger partial charge >= 0.3 is 0 Å². The van der Waals surface area contributed by atoms with E-state index in [0.29, 0.717) is 15.7 Å². The first kappa shape index (κ1) is 17.0. The highest BCUT2D eigenvalue weighted by Gasteiger charge is 2.13. The first-order valence-corrected chi connectivity index (χ1v) is 8.61. The minimum absolute atomic E-state index is 0.0682. The summed E-state index contributed by atoms with van der Waals surface area (Å²) >= 11 is 16.5. The minimum atomic E-state index is -3.74. The lowest BCUT2D eigenvalue weighted by Gasteiger charge is -2.12. The highest BCUT2D eigenvalue weighted by atomic mass is 35.5. The van der Waals surface area contributed by atoms with Gasteiger partial charge in [0.2, 0.25) is 0 Å². The Bertz CT molecular complexity index is 763. The Hall–Kier alpha value is -1.38. The van der Waals surface area contributed by atoms with Gasteiger partial charge in [0, 0.05) is 15.7 Å². The SMILES string of the molecule is O=S(=O)(NNC(=S)Nc1ccc(Cl)cc1)c1ccc(Cl)cc1. The largest absolute Gasteiger partial charge is 0.332 e. The van der Waals surface area contributed by atoms with Crippen LogP contribution in [0, 0.1) is 0 Å². The van der Waals surface area contributed by atoms with E-state index in [9.17, 15) is 8.42 Å². The summed E-state index contributed by atoms with van der Waals surface area (Å²) in [6.45, 7) is 0. The molecule has 0 aliphatic carbocycles. The smallest absolute Gasteiger partial charge is 0.257 e. The summed E-state index contributed by atoms with van der Waals surface area (Å²) in [6, 6.07) is 12.5. The molecule has 5 nitrogen and oxygen atoms in total. The first-order valence-electron chi connectivity index (χ1n) is 5.97. The molecule has 0 bridgehead atoms. The van der Waals surface area contributed by atoms with E-state index in [0.717, 1.165) is 0 Å². The van der Waals surface area contributed by atoms with E-state index in [1.54, 1.807) is 24.3 Å². The Labute approximate surface area is 143 Å². The summed E-state index contributed by atoms with van der Waals surface area (Å²) in [5.41, 5.74) is 3.09. The van der Waals surface area contributed by atoms with E-state index < -0.39 is 10.0 Å². The van der Waals surface area contributed by atoms with Gasteiger partial charge in [0.1, 0.15) is 0 Å². The summed E-state index contributed by atoms with van der Waals surface area (Å²) in [4.78, 5) is 2.24. The molecule has 2 aromatic carbocycles. The maximum Gasteiger partial charge on any atom is 0.257 e. The van der Waals surface area contributed by atoms with Crippen molar-refractivity contribution < 1.29 is 8.42 Å². The molecule has 0 amide bonds. The standard InChI is InChI=1S/C13H11Cl2N3O2S2/c14-9-1-5-11(6-2-9)16-13(21)17-18-22(19,20)12-7-3-10(15)4-8-12/h1-8,18H,(H2,16,17,21). The fraction of sp³-hybridized carbons (Fsp3) is 0. The van der Waals surface area contributed by atoms with Crippen molar-refractivity contribution in [2.75, 3.05) is 5.32 Å². The number of thiocarbonyl (C=S) groups is 1. The summed E-state index contributed by atoms with van der Waals surface area (Å²) < 4.78 is 24.0. The number of hydrogen-bond acceptors (Lipinski definition) is 3. The Morgan fingerprint density at radius 2 is 1.41 bits per heavy atom. The van der Waals surface area contributed by atoms with E-state index in [2.05, 4.69) is 15.6 Å². The van der Waals surface area contributed by atoms with Gasteiger partial charge in [-0.1, -0.05) is 23.2 Å². The molecule has 9 heteroatoms. The topological polar surface area (TPSA) is 70.2 Å². The summed E-state index contributed by atoms with van der Waals surface area (Å²) in [5.74, 6) is 0. The van der Waals surface area contributed by atoms with Crippen LogP contribution in [0.25, 0.3) is 0 Å². The van der Waals surface area contributed by atoms with E-state index in [-0.39, 0.29) is 10.0 Å². The van der Waals surface area contributed by atoms with Crippen LogP contribution in [-0.4, -0.2) is 13.5 Å². The number of sulfonamides is 1. The predicted octanol–water partition coefficient (Wildman–Crippen LogP) is 3.17. The number of rotatable bonds is 4. The molecule has 0 aliphatic heterocycles. The molecule has 2 rings (SSSR count). The van der Waals surface area contributed by atoms with Crippen molar-refractivity contribution in [3.63, 3.8) is 0 Å². The second-order valence-corrected chi connectivity index (χ2v) is 7.11. The average molecular weight is 376 g/mol. The number of benzene rings is 2. The summed E-state index contributed by atoms with van der Waals surface area (Å²) in [6.07, 6.45) is 0. The van der Waals surface area contributed by atoms with Crippen LogP contribution in [0.4, 0.5) is 5.69 Å². The molecular formula is C13H11Cl2N3O2S2. The number of hydrazine groups is 1. The molecule has 0 saturated carbocycles. The Kier molecular flexibility index (Phi) is 5.60. The van der Waals surface area contributed by atoms with Gasteiger partial charge in [-0.25, -0.2) is 8.42 Å². The summed E-state index contributed by atoms with van der Waals surface area (Å²) in [5, 5.41) is 3.95. The van der Waals surface area contributed by atoms with E-state index in [1.165, 1.54) is 24.3 Å². The van der Waals surface area contributed by atoms with Gasteiger partial charge in [-0.05, 0) is 60.7 Å². The normalized spacial score (nSPS) is 11.0. The molecule has 0 spiro atoms. The molecule has 0 heterocycles. The van der Waals surface area contributed by atoms with Crippen molar-refractivity contribution >= 4 is 56.2 Å². The van der Waals surface area contributed by atoms with Crippen LogP contribution in [-0.2, 0) is 10.0 Å². The molecule has 2 aromatic rings. The van der Waals surface area contributed by atoms with Crippen molar-refractivity contribution in [3.05, 3.63) is 58.6 Å². The van der Waals surface area contributed by atoms with Gasteiger partial charge in [0.15, 0.2) is 5.11 Å². The zero-order valence-electron chi connectivity index (χ0n) is 11.0. The third-order valence-electron chi connectivity index (χ3n) is 2.52. The fourth-order valence-electron chi connectivity index (χ4n) is 1.48. The van der Waals surface area contributed by atoms with Crippen LogP contribution in [0.5, 0.6) is 0 Å². The van der Waals surface area contributed by atoms with Crippen LogP contribution in [0.3, 0.4) is 0 Å². The summed E-state index contributed by atoms with van der Waals surface area (Å²) in [7, 11) is -3.74. The van der Waals surface area contributed by atoms with Gasteiger partial charge in [-0.15, -0.1) is 4.83 Å². The Morgan fingerprint density at radius 1 is 0.909 bits per heavy atom. The zero-order chi connectivity index (χ0) is 16.2. The Balaban J connectivity index is 1.95. The molecule has 0 aromatic heterocycles. The van der Waals surface area contributed by atoms with Crippen LogP contribution in [0.15, 0.2) is 53.4 Å². The molecule has 0 unspecified atom stereocenters. The first-order chi connectivity index (χ1) is 10.4. The molecule has 3 N–H and O–H groups in total. The second-order valence-electron chi connectivity index (χ2n) is 4.15. The van der Waals surface area contributed by atoms with Crippen LogP contribution in [0.2, 0.25) is 10.0 Å². The van der Waals surface area contributed by atoms with Crippen LogP contribution >= 0.6 is 35.4 Å². The van der Waals surface area contributed by atoms with E-state index >= 15 is 0 Å². The molecular weight excluding hydrogens is 365 g/mol. The minimum Gasteiger partial charge on any atom is -0.332 e. The zero-order valence-corrected chi connectivity index (χ0v) is 14.2. The molecule has 0 fully saturated rings. The lowest BCUT2D eigenvalue weighted by molar-refractivity contribution is 0.578. The lowest BCUT2D eigenvalue weighted by atomic mass is 10.3. The van der Waals surface area contributed by atoms with Crippen LogP contribution < -0.4 is 15.6 Å². The van der Waals surface area contributed by atoms with Gasteiger partial charge in [-0.2, -0.15) is 0 Å². The molecule has 0 atom stereocenters. The van der Waals surface area contributed by atoms with Crippen molar-refractivity contribution in [2.45, 2.75) is 4.90 Å². The Morgan fingerprint density at radius 3 is 1.95 bits per heavy atom. The third-order valence-corrected chi connectivity index (χ3v) is 4.50. The second kappa shape index (κ2) is 7.26. The number of hydrogen-bond donors (Lipinski definition) is 3. The van der Waals surface area contributed by atoms with Gasteiger partial charge in [0.25, 0.3) is 10.0 Å².